The van der Waals surface area contributed by atoms with E-state index in [1.165, 1.54) is 13.8 Å². The Labute approximate surface area is 121 Å². The van der Waals surface area contributed by atoms with Crippen molar-refractivity contribution >= 4 is 17.6 Å². The van der Waals surface area contributed by atoms with Gasteiger partial charge in [0.15, 0.2) is 5.78 Å². The highest BCUT2D eigenvalue weighted by molar-refractivity contribution is 5.88. The molecular weight excluding hydrogens is 258 g/mol. The molecule has 0 aromatic carbocycles. The maximum absolute atomic E-state index is 11.7. The van der Waals surface area contributed by atoms with Crippen molar-refractivity contribution in [2.45, 2.75) is 59.0 Å². The number of ketones is 1. The number of unbranched alkanes of at least 4 members (excludes halogenated alkanes) is 1. The zero-order valence-corrected chi connectivity index (χ0v) is 12.9. The summed E-state index contributed by atoms with van der Waals surface area (Å²) in [5.74, 6) is -0.260. The van der Waals surface area contributed by atoms with Gasteiger partial charge in [0.25, 0.3) is 0 Å². The molecule has 0 spiro atoms. The van der Waals surface area contributed by atoms with E-state index in [1.54, 1.807) is 0 Å². The summed E-state index contributed by atoms with van der Waals surface area (Å²) in [5, 5.41) is 8.44. The molecule has 1 atom stereocenters. The number of Topliss-reactive ketones (excluding diaryl/α,β-unsaturated/α-hetero) is 1. The molecule has 3 N–H and O–H groups in total. The number of carbonyl (C=O) groups excluding carboxylic acids is 3. The molecule has 0 saturated carbocycles. The molecule has 0 aromatic heterocycles. The van der Waals surface area contributed by atoms with Crippen LogP contribution in [0.1, 0.15) is 47.0 Å². The first-order chi connectivity index (χ1) is 9.32. The van der Waals surface area contributed by atoms with Crippen LogP contribution in [0, 0.1) is 0 Å². The minimum Gasteiger partial charge on any atom is -0.356 e. The van der Waals surface area contributed by atoms with Crippen molar-refractivity contribution in [1.82, 2.24) is 16.0 Å². The van der Waals surface area contributed by atoms with Crippen LogP contribution in [-0.4, -0.2) is 42.8 Å². The lowest BCUT2D eigenvalue weighted by molar-refractivity contribution is -0.126. The first-order valence-electron chi connectivity index (χ1n) is 7.10. The molecule has 0 fully saturated rings. The average molecular weight is 285 g/mol. The van der Waals surface area contributed by atoms with Gasteiger partial charge in [-0.2, -0.15) is 0 Å². The average Bonchev–Trinajstić information content (AvgIpc) is 2.33. The van der Waals surface area contributed by atoms with Crippen LogP contribution in [0.15, 0.2) is 0 Å². The molecule has 116 valence electrons. The van der Waals surface area contributed by atoms with Crippen LogP contribution in [0.2, 0.25) is 0 Å². The van der Waals surface area contributed by atoms with Crippen molar-refractivity contribution < 1.29 is 14.4 Å². The molecule has 0 aliphatic heterocycles. The van der Waals surface area contributed by atoms with Crippen LogP contribution < -0.4 is 16.0 Å². The molecule has 0 unspecified atom stereocenters. The Kier molecular flexibility index (Phi) is 9.63. The summed E-state index contributed by atoms with van der Waals surface area (Å²) in [4.78, 5) is 33.8. The van der Waals surface area contributed by atoms with Crippen LogP contribution in [0.3, 0.4) is 0 Å². The van der Waals surface area contributed by atoms with Gasteiger partial charge < -0.3 is 16.0 Å². The monoisotopic (exact) mass is 285 g/mol. The lowest BCUT2D eigenvalue weighted by atomic mass is 10.1. The zero-order valence-electron chi connectivity index (χ0n) is 12.9. The third kappa shape index (κ3) is 10.5. The third-order valence-corrected chi connectivity index (χ3v) is 2.79. The molecule has 0 radical (unpaired) electrons. The molecule has 0 rings (SSSR count). The topological polar surface area (TPSA) is 87.3 Å². The van der Waals surface area contributed by atoms with Crippen LogP contribution in [0.4, 0.5) is 0 Å². The SMILES string of the molecule is CC(=O)NCCCC[C@H](NC(=O)CNC(C)C)C(C)=O. The molecule has 0 heterocycles. The van der Waals surface area contributed by atoms with Crippen LogP contribution in [-0.2, 0) is 14.4 Å². The van der Waals surface area contributed by atoms with E-state index in [9.17, 15) is 14.4 Å². The van der Waals surface area contributed by atoms with Crippen molar-refractivity contribution in [3.05, 3.63) is 0 Å². The smallest absolute Gasteiger partial charge is 0.234 e. The quantitative estimate of drug-likeness (QED) is 0.506. The van der Waals surface area contributed by atoms with E-state index >= 15 is 0 Å². The fourth-order valence-electron chi connectivity index (χ4n) is 1.66. The minimum atomic E-state index is -0.436. The Morgan fingerprint density at radius 1 is 1.05 bits per heavy atom. The van der Waals surface area contributed by atoms with Crippen LogP contribution >= 0.6 is 0 Å². The second-order valence-corrected chi connectivity index (χ2v) is 5.25. The molecule has 0 aliphatic carbocycles. The summed E-state index contributed by atoms with van der Waals surface area (Å²) in [5.41, 5.74) is 0. The van der Waals surface area contributed by atoms with Gasteiger partial charge in [-0.3, -0.25) is 14.4 Å². The maximum atomic E-state index is 11.7. The van der Waals surface area contributed by atoms with Gasteiger partial charge in [-0.15, -0.1) is 0 Å². The molecule has 2 amide bonds. The van der Waals surface area contributed by atoms with Gasteiger partial charge in [0.1, 0.15) is 0 Å². The normalized spacial score (nSPS) is 12.1. The predicted octanol–water partition coefficient (Wildman–Crippen LogP) is 0.365. The van der Waals surface area contributed by atoms with E-state index in [0.29, 0.717) is 13.0 Å². The molecule has 6 heteroatoms. The second-order valence-electron chi connectivity index (χ2n) is 5.25. The lowest BCUT2D eigenvalue weighted by Gasteiger charge is -2.17. The van der Waals surface area contributed by atoms with Crippen LogP contribution in [0.5, 0.6) is 0 Å². The number of carbonyl (C=O) groups is 3. The maximum Gasteiger partial charge on any atom is 0.234 e. The third-order valence-electron chi connectivity index (χ3n) is 2.79. The van der Waals surface area contributed by atoms with Gasteiger partial charge in [0.05, 0.1) is 12.6 Å². The van der Waals surface area contributed by atoms with Crippen LogP contribution in [0.25, 0.3) is 0 Å². The van der Waals surface area contributed by atoms with Crippen molar-refractivity contribution in [2.24, 2.45) is 0 Å². The van der Waals surface area contributed by atoms with E-state index in [0.717, 1.165) is 12.8 Å². The first kappa shape index (κ1) is 18.6. The number of hydrogen-bond donors (Lipinski definition) is 3. The first-order valence-corrected chi connectivity index (χ1v) is 7.10. The minimum absolute atomic E-state index is 0.0394. The summed E-state index contributed by atoms with van der Waals surface area (Å²) < 4.78 is 0. The number of amides is 2. The molecule has 0 bridgehead atoms. The van der Waals surface area contributed by atoms with Gasteiger partial charge in [0.2, 0.25) is 11.8 Å². The Morgan fingerprint density at radius 2 is 1.70 bits per heavy atom. The number of hydrogen-bond acceptors (Lipinski definition) is 4. The molecular formula is C14H27N3O3. The zero-order chi connectivity index (χ0) is 15.5. The fraction of sp³-hybridized carbons (Fsp3) is 0.786. The van der Waals surface area contributed by atoms with Crippen molar-refractivity contribution in [2.75, 3.05) is 13.1 Å². The second kappa shape index (κ2) is 10.4. The predicted molar refractivity (Wildman–Crippen MR) is 78.3 cm³/mol. The Hall–Kier alpha value is -1.43. The highest BCUT2D eigenvalue weighted by Gasteiger charge is 2.16. The summed E-state index contributed by atoms with van der Waals surface area (Å²) >= 11 is 0. The lowest BCUT2D eigenvalue weighted by Crippen LogP contribution is -2.45. The Balaban J connectivity index is 3.95. The highest BCUT2D eigenvalue weighted by atomic mass is 16.2. The van der Waals surface area contributed by atoms with E-state index in [1.807, 2.05) is 13.8 Å². The van der Waals surface area contributed by atoms with Gasteiger partial charge >= 0.3 is 0 Å². The largest absolute Gasteiger partial charge is 0.356 e. The number of nitrogens with one attached hydrogen (secondary N) is 3. The summed E-state index contributed by atoms with van der Waals surface area (Å²) in [6.07, 6.45) is 2.17. The summed E-state index contributed by atoms with van der Waals surface area (Å²) in [6, 6.07) is -0.206. The van der Waals surface area contributed by atoms with Crippen molar-refractivity contribution in [3.8, 4) is 0 Å². The molecule has 0 aromatic rings. The van der Waals surface area contributed by atoms with Gasteiger partial charge in [-0.05, 0) is 26.2 Å². The van der Waals surface area contributed by atoms with E-state index in [2.05, 4.69) is 16.0 Å². The van der Waals surface area contributed by atoms with E-state index < -0.39 is 6.04 Å². The Bertz CT molecular complexity index is 330. The molecule has 6 nitrogen and oxygen atoms in total. The fourth-order valence-corrected chi connectivity index (χ4v) is 1.66. The summed E-state index contributed by atoms with van der Waals surface area (Å²) in [7, 11) is 0. The number of rotatable bonds is 10. The standard InChI is InChI=1S/C14H27N3O3/c1-10(2)16-9-14(20)17-13(11(3)18)7-5-6-8-15-12(4)19/h10,13,16H,5-9H2,1-4H3,(H,15,19)(H,17,20)/t13-/m0/s1. The van der Waals surface area contributed by atoms with E-state index in [4.69, 9.17) is 0 Å². The molecule has 0 saturated heterocycles. The van der Waals surface area contributed by atoms with Crippen molar-refractivity contribution in [1.29, 1.82) is 0 Å². The highest BCUT2D eigenvalue weighted by Crippen LogP contribution is 2.02. The van der Waals surface area contributed by atoms with E-state index in [-0.39, 0.29) is 30.2 Å². The van der Waals surface area contributed by atoms with Crippen molar-refractivity contribution in [3.63, 3.8) is 0 Å². The Morgan fingerprint density at radius 3 is 2.20 bits per heavy atom. The van der Waals surface area contributed by atoms with Gasteiger partial charge in [0, 0.05) is 19.5 Å². The molecule has 0 aliphatic rings. The molecule has 20 heavy (non-hydrogen) atoms. The van der Waals surface area contributed by atoms with Gasteiger partial charge in [-0.25, -0.2) is 0 Å². The van der Waals surface area contributed by atoms with Gasteiger partial charge in [-0.1, -0.05) is 13.8 Å². The summed E-state index contributed by atoms with van der Waals surface area (Å²) in [6.45, 7) is 7.68.